The first-order chi connectivity index (χ1) is 12.5. The van der Waals surface area contributed by atoms with E-state index in [0.29, 0.717) is 23.8 Å². The summed E-state index contributed by atoms with van der Waals surface area (Å²) in [5, 5.41) is 2.83. The Kier molecular flexibility index (Phi) is 6.72. The van der Waals surface area contributed by atoms with E-state index in [2.05, 4.69) is 5.32 Å². The van der Waals surface area contributed by atoms with E-state index in [1.807, 2.05) is 32.0 Å². The lowest BCUT2D eigenvalue weighted by Crippen LogP contribution is -2.28. The van der Waals surface area contributed by atoms with E-state index in [-0.39, 0.29) is 12.5 Å². The molecule has 6 nitrogen and oxygen atoms in total. The number of ether oxygens (including phenoxy) is 4. The molecule has 26 heavy (non-hydrogen) atoms. The summed E-state index contributed by atoms with van der Waals surface area (Å²) < 4.78 is 21.6. The van der Waals surface area contributed by atoms with Crippen molar-refractivity contribution in [1.82, 2.24) is 5.32 Å². The Morgan fingerprint density at radius 1 is 0.923 bits per heavy atom. The molecule has 2 rings (SSSR count). The monoisotopic (exact) mass is 359 g/mol. The van der Waals surface area contributed by atoms with Crippen LogP contribution in [0.1, 0.15) is 16.7 Å². The maximum atomic E-state index is 12.1. The minimum Gasteiger partial charge on any atom is -0.493 e. The number of rotatable bonds is 8. The predicted octanol–water partition coefficient (Wildman–Crippen LogP) is 3.02. The number of hydrogen-bond donors (Lipinski definition) is 1. The third-order valence-electron chi connectivity index (χ3n) is 3.97. The fourth-order valence-electron chi connectivity index (χ4n) is 2.65. The van der Waals surface area contributed by atoms with Crippen LogP contribution < -0.4 is 24.3 Å². The van der Waals surface area contributed by atoms with Gasteiger partial charge in [0, 0.05) is 6.54 Å². The molecule has 2 aromatic rings. The molecule has 0 heterocycles. The molecular formula is C20H25NO5. The number of para-hydroxylation sites is 1. The molecule has 0 aliphatic heterocycles. The van der Waals surface area contributed by atoms with Crippen LogP contribution in [0.5, 0.6) is 23.0 Å². The highest BCUT2D eigenvalue weighted by molar-refractivity contribution is 5.77. The van der Waals surface area contributed by atoms with Gasteiger partial charge in [0.2, 0.25) is 5.75 Å². The van der Waals surface area contributed by atoms with Gasteiger partial charge in [0.1, 0.15) is 5.75 Å². The molecule has 0 aliphatic carbocycles. The van der Waals surface area contributed by atoms with Gasteiger partial charge in [-0.25, -0.2) is 0 Å². The van der Waals surface area contributed by atoms with Crippen LogP contribution in [-0.2, 0) is 11.3 Å². The van der Waals surface area contributed by atoms with E-state index in [0.717, 1.165) is 22.4 Å². The molecule has 0 atom stereocenters. The van der Waals surface area contributed by atoms with Crippen molar-refractivity contribution in [2.75, 3.05) is 27.9 Å². The third-order valence-corrected chi connectivity index (χ3v) is 3.97. The highest BCUT2D eigenvalue weighted by atomic mass is 16.5. The van der Waals surface area contributed by atoms with Crippen LogP contribution in [0.4, 0.5) is 0 Å². The van der Waals surface area contributed by atoms with E-state index in [4.69, 9.17) is 18.9 Å². The molecule has 140 valence electrons. The standard InChI is InChI=1S/C20H25NO5/c1-13-7-6-8-14(2)19(13)26-12-18(22)21-11-15-9-16(23-3)20(25-5)17(10-15)24-4/h6-10H,11-12H2,1-5H3,(H,21,22). The van der Waals surface area contributed by atoms with Crippen molar-refractivity contribution in [3.05, 3.63) is 47.0 Å². The molecule has 2 aromatic carbocycles. The van der Waals surface area contributed by atoms with Crippen LogP contribution in [0.15, 0.2) is 30.3 Å². The molecule has 0 spiro atoms. The summed E-state index contributed by atoms with van der Waals surface area (Å²) in [6.45, 7) is 4.19. The van der Waals surface area contributed by atoms with Crippen LogP contribution >= 0.6 is 0 Å². The molecule has 6 heteroatoms. The Balaban J connectivity index is 1.99. The van der Waals surface area contributed by atoms with Crippen LogP contribution in [0.2, 0.25) is 0 Å². The lowest BCUT2D eigenvalue weighted by molar-refractivity contribution is -0.123. The first-order valence-corrected chi connectivity index (χ1v) is 8.24. The first kappa shape index (κ1) is 19.4. The summed E-state index contributed by atoms with van der Waals surface area (Å²) in [5.74, 6) is 2.14. The Labute approximate surface area is 154 Å². The van der Waals surface area contributed by atoms with Gasteiger partial charge in [-0.05, 0) is 42.7 Å². The fraction of sp³-hybridized carbons (Fsp3) is 0.350. The van der Waals surface area contributed by atoms with Crippen LogP contribution in [0.25, 0.3) is 0 Å². The van der Waals surface area contributed by atoms with E-state index >= 15 is 0 Å². The number of carbonyl (C=O) groups is 1. The molecule has 0 saturated heterocycles. The highest BCUT2D eigenvalue weighted by Gasteiger charge is 2.14. The maximum Gasteiger partial charge on any atom is 0.258 e. The summed E-state index contributed by atoms with van der Waals surface area (Å²) in [5.41, 5.74) is 2.84. The normalized spacial score (nSPS) is 10.2. The minimum atomic E-state index is -0.207. The van der Waals surface area contributed by atoms with Crippen molar-refractivity contribution < 1.29 is 23.7 Å². The number of hydrogen-bond acceptors (Lipinski definition) is 5. The van der Waals surface area contributed by atoms with Gasteiger partial charge in [-0.3, -0.25) is 4.79 Å². The lowest BCUT2D eigenvalue weighted by Gasteiger charge is -2.15. The smallest absolute Gasteiger partial charge is 0.258 e. The molecule has 0 bridgehead atoms. The zero-order valence-electron chi connectivity index (χ0n) is 15.8. The molecule has 0 aromatic heterocycles. The van der Waals surface area contributed by atoms with Crippen molar-refractivity contribution in [3.8, 4) is 23.0 Å². The molecular weight excluding hydrogens is 334 g/mol. The average Bonchev–Trinajstić information content (AvgIpc) is 2.64. The maximum absolute atomic E-state index is 12.1. The predicted molar refractivity (Wildman–Crippen MR) is 99.4 cm³/mol. The van der Waals surface area contributed by atoms with Crippen molar-refractivity contribution in [1.29, 1.82) is 0 Å². The second kappa shape index (κ2) is 8.99. The zero-order valence-corrected chi connectivity index (χ0v) is 15.8. The van der Waals surface area contributed by atoms with Gasteiger partial charge in [0.25, 0.3) is 5.91 Å². The highest BCUT2D eigenvalue weighted by Crippen LogP contribution is 2.38. The molecule has 0 saturated carbocycles. The molecule has 0 radical (unpaired) electrons. The number of nitrogens with one attached hydrogen (secondary N) is 1. The van der Waals surface area contributed by atoms with Crippen molar-refractivity contribution in [2.45, 2.75) is 20.4 Å². The summed E-state index contributed by atoms with van der Waals surface area (Å²) in [6.07, 6.45) is 0. The largest absolute Gasteiger partial charge is 0.493 e. The average molecular weight is 359 g/mol. The summed E-state index contributed by atoms with van der Waals surface area (Å²) in [7, 11) is 4.66. The van der Waals surface area contributed by atoms with Crippen molar-refractivity contribution >= 4 is 5.91 Å². The third kappa shape index (κ3) is 4.59. The topological polar surface area (TPSA) is 66.0 Å². The van der Waals surface area contributed by atoms with Crippen LogP contribution in [-0.4, -0.2) is 33.8 Å². The van der Waals surface area contributed by atoms with Gasteiger partial charge in [-0.15, -0.1) is 0 Å². The Hall–Kier alpha value is -2.89. The summed E-state index contributed by atoms with van der Waals surface area (Å²) in [4.78, 5) is 12.1. The second-order valence-electron chi connectivity index (χ2n) is 5.82. The Bertz CT molecular complexity index is 728. The van der Waals surface area contributed by atoms with Gasteiger partial charge in [-0.2, -0.15) is 0 Å². The van der Waals surface area contributed by atoms with Gasteiger partial charge < -0.3 is 24.3 Å². The minimum absolute atomic E-state index is 0.0455. The molecule has 1 N–H and O–H groups in total. The van der Waals surface area contributed by atoms with Gasteiger partial charge in [-0.1, -0.05) is 18.2 Å². The number of methoxy groups -OCH3 is 3. The van der Waals surface area contributed by atoms with Gasteiger partial charge in [0.15, 0.2) is 18.1 Å². The summed E-state index contributed by atoms with van der Waals surface area (Å²) >= 11 is 0. The summed E-state index contributed by atoms with van der Waals surface area (Å²) in [6, 6.07) is 9.47. The first-order valence-electron chi connectivity index (χ1n) is 8.24. The van der Waals surface area contributed by atoms with E-state index in [1.54, 1.807) is 33.5 Å². The Morgan fingerprint density at radius 3 is 2.00 bits per heavy atom. The zero-order chi connectivity index (χ0) is 19.1. The second-order valence-corrected chi connectivity index (χ2v) is 5.82. The van der Waals surface area contributed by atoms with Crippen LogP contribution in [0.3, 0.4) is 0 Å². The van der Waals surface area contributed by atoms with E-state index in [1.165, 1.54) is 0 Å². The quantitative estimate of drug-likeness (QED) is 0.785. The van der Waals surface area contributed by atoms with E-state index < -0.39 is 0 Å². The molecule has 0 aliphatic rings. The Morgan fingerprint density at radius 2 is 1.50 bits per heavy atom. The van der Waals surface area contributed by atoms with Crippen LogP contribution in [0, 0.1) is 13.8 Å². The molecule has 0 fully saturated rings. The molecule has 1 amide bonds. The number of amides is 1. The molecule has 0 unspecified atom stereocenters. The van der Waals surface area contributed by atoms with Gasteiger partial charge >= 0.3 is 0 Å². The van der Waals surface area contributed by atoms with Crippen molar-refractivity contribution in [3.63, 3.8) is 0 Å². The number of carbonyl (C=O) groups excluding carboxylic acids is 1. The lowest BCUT2D eigenvalue weighted by atomic mass is 10.1. The van der Waals surface area contributed by atoms with Crippen molar-refractivity contribution in [2.24, 2.45) is 0 Å². The van der Waals surface area contributed by atoms with Gasteiger partial charge in [0.05, 0.1) is 21.3 Å². The fourth-order valence-corrected chi connectivity index (χ4v) is 2.65. The number of benzene rings is 2. The SMILES string of the molecule is COc1cc(CNC(=O)COc2c(C)cccc2C)cc(OC)c1OC. The van der Waals surface area contributed by atoms with E-state index in [9.17, 15) is 4.79 Å². The number of aryl methyl sites for hydroxylation is 2.